The molecule has 0 saturated heterocycles. The largest absolute Gasteiger partial charge is 1.00 e. The summed E-state index contributed by atoms with van der Waals surface area (Å²) in [5, 5.41) is 2.07. The third-order valence-electron chi connectivity index (χ3n) is 1.89. The Bertz CT molecular complexity index is 567. The van der Waals surface area contributed by atoms with Crippen molar-refractivity contribution in [1.29, 1.82) is 0 Å². The van der Waals surface area contributed by atoms with Crippen LogP contribution in [0.25, 0.3) is 0 Å². The van der Waals surface area contributed by atoms with Crippen LogP contribution in [0.3, 0.4) is 0 Å². The summed E-state index contributed by atoms with van der Waals surface area (Å²) in [6.07, 6.45) is 1.54. The molecule has 1 aromatic carbocycles. The van der Waals surface area contributed by atoms with Gasteiger partial charge in [-0.3, -0.25) is 4.72 Å². The number of hydrogen-bond acceptors (Lipinski definition) is 4. The first-order chi connectivity index (χ1) is 7.58. The van der Waals surface area contributed by atoms with Crippen molar-refractivity contribution in [2.45, 2.75) is 4.90 Å². The van der Waals surface area contributed by atoms with Gasteiger partial charge in [0, 0.05) is 23.7 Å². The zero-order chi connectivity index (χ0) is 11.6. The first-order valence-corrected chi connectivity index (χ1v) is 6.78. The van der Waals surface area contributed by atoms with Gasteiger partial charge >= 0.3 is 0 Å². The molecule has 1 heterocycles. The van der Waals surface area contributed by atoms with Gasteiger partial charge in [0.05, 0.1) is 4.90 Å². The van der Waals surface area contributed by atoms with Crippen LogP contribution < -0.4 is 27.4 Å². The van der Waals surface area contributed by atoms with Gasteiger partial charge in [0.1, 0.15) is 5.69 Å². The number of anilines is 1. The maximum atomic E-state index is 11.8. The van der Waals surface area contributed by atoms with Crippen molar-refractivity contribution in [3.05, 3.63) is 35.8 Å². The monoisotopic (exact) mass is 335 g/mol. The molecule has 0 spiro atoms. The Kier molecular flexibility index (Phi) is 4.63. The molecular weight excluding hydrogens is 326 g/mol. The maximum absolute atomic E-state index is 11.8. The van der Waals surface area contributed by atoms with Crippen LogP contribution in [0.15, 0.2) is 40.7 Å². The molecule has 0 aliphatic rings. The number of thiazole rings is 1. The quantitative estimate of drug-likeness (QED) is 0.668. The Morgan fingerprint density at radius 1 is 1.24 bits per heavy atom. The van der Waals surface area contributed by atoms with E-state index in [0.29, 0.717) is 5.13 Å². The Labute approximate surface area is 114 Å². The molecule has 0 bridgehead atoms. The summed E-state index contributed by atoms with van der Waals surface area (Å²) in [5.41, 5.74) is 4.47. The lowest BCUT2D eigenvalue weighted by Gasteiger charge is -2.04. The fourth-order valence-corrected chi connectivity index (χ4v) is 2.91. The van der Waals surface area contributed by atoms with E-state index in [1.165, 1.54) is 23.5 Å². The van der Waals surface area contributed by atoms with Crippen LogP contribution in [-0.4, -0.2) is 13.4 Å². The molecule has 0 radical (unpaired) electrons. The van der Waals surface area contributed by atoms with Crippen LogP contribution in [-0.2, 0) is 10.0 Å². The number of hydrogen-bond donors (Lipinski definition) is 2. The highest BCUT2D eigenvalue weighted by Crippen LogP contribution is 2.18. The lowest BCUT2D eigenvalue weighted by Crippen LogP contribution is -3.00. The highest BCUT2D eigenvalue weighted by molar-refractivity contribution is 7.93. The number of rotatable bonds is 3. The van der Waals surface area contributed by atoms with E-state index in [-0.39, 0.29) is 21.9 Å². The van der Waals surface area contributed by atoms with Crippen LogP contribution in [0.5, 0.6) is 0 Å². The highest BCUT2D eigenvalue weighted by Gasteiger charge is 2.14. The van der Waals surface area contributed by atoms with Crippen molar-refractivity contribution in [3.8, 4) is 0 Å². The molecule has 0 aliphatic heterocycles. The number of nitrogens with zero attached hydrogens (tertiary/aromatic N) is 1. The van der Waals surface area contributed by atoms with Gasteiger partial charge in [-0.25, -0.2) is 13.4 Å². The average Bonchev–Trinajstić information content (AvgIpc) is 2.70. The molecule has 92 valence electrons. The molecule has 0 unspecified atom stereocenters. The summed E-state index contributed by atoms with van der Waals surface area (Å²) < 4.78 is 26.1. The van der Waals surface area contributed by atoms with E-state index in [1.54, 1.807) is 23.7 Å². The summed E-state index contributed by atoms with van der Waals surface area (Å²) in [4.78, 5) is 4.06. The summed E-state index contributed by atoms with van der Waals surface area (Å²) >= 11 is 1.23. The number of halogens is 1. The van der Waals surface area contributed by atoms with E-state index in [1.807, 2.05) is 0 Å². The molecule has 4 N–H and O–H groups in total. The van der Waals surface area contributed by atoms with Gasteiger partial charge in [-0.1, -0.05) is 0 Å². The Morgan fingerprint density at radius 2 is 1.88 bits per heavy atom. The van der Waals surface area contributed by atoms with E-state index < -0.39 is 10.0 Å². The van der Waals surface area contributed by atoms with Gasteiger partial charge in [-0.05, 0) is 12.1 Å². The second-order valence-corrected chi connectivity index (χ2v) is 5.66. The molecule has 8 heteroatoms. The number of nitrogens with one attached hydrogen (secondary N) is 1. The first-order valence-electron chi connectivity index (χ1n) is 4.42. The third-order valence-corrected chi connectivity index (χ3v) is 4.06. The zero-order valence-corrected chi connectivity index (χ0v) is 11.8. The van der Waals surface area contributed by atoms with Crippen LogP contribution in [0, 0.1) is 0 Å². The van der Waals surface area contributed by atoms with Crippen molar-refractivity contribution < 1.29 is 31.1 Å². The number of aromatic nitrogens is 1. The minimum atomic E-state index is -3.53. The highest BCUT2D eigenvalue weighted by atomic mass is 79.9. The molecule has 0 aliphatic carbocycles. The summed E-state index contributed by atoms with van der Waals surface area (Å²) in [6.45, 7) is 0. The minimum Gasteiger partial charge on any atom is -1.00 e. The fraction of sp³-hybridized carbons (Fsp3) is 0. The van der Waals surface area contributed by atoms with Crippen molar-refractivity contribution >= 4 is 32.2 Å². The molecular formula is C9H10BrN3O2S2. The third kappa shape index (κ3) is 3.50. The van der Waals surface area contributed by atoms with E-state index in [0.717, 1.165) is 5.69 Å². The predicted molar refractivity (Wildman–Crippen MR) is 61.9 cm³/mol. The molecule has 0 atom stereocenters. The lowest BCUT2D eigenvalue weighted by molar-refractivity contribution is -0.254. The van der Waals surface area contributed by atoms with E-state index in [9.17, 15) is 8.42 Å². The molecule has 1 aromatic heterocycles. The van der Waals surface area contributed by atoms with E-state index >= 15 is 0 Å². The van der Waals surface area contributed by atoms with Gasteiger partial charge in [0.15, 0.2) is 5.13 Å². The number of benzene rings is 1. The Hall–Kier alpha value is -0.960. The van der Waals surface area contributed by atoms with E-state index in [2.05, 4.69) is 15.4 Å². The predicted octanol–water partition coefficient (Wildman–Crippen LogP) is -2.18. The SMILES string of the molecule is [Br-].[NH3+]c1ccc(S(=O)(=O)Nc2nccs2)cc1. The van der Waals surface area contributed by atoms with Crippen molar-refractivity contribution in [2.75, 3.05) is 4.72 Å². The molecule has 2 rings (SSSR count). The normalized spacial score (nSPS) is 10.6. The average molecular weight is 336 g/mol. The van der Waals surface area contributed by atoms with Gasteiger partial charge in [0.25, 0.3) is 10.0 Å². The van der Waals surface area contributed by atoms with Crippen LogP contribution in [0.1, 0.15) is 0 Å². The maximum Gasteiger partial charge on any atom is 0.263 e. The van der Waals surface area contributed by atoms with Crippen molar-refractivity contribution in [2.24, 2.45) is 0 Å². The summed E-state index contributed by atoms with van der Waals surface area (Å²) in [7, 11) is -3.53. The van der Waals surface area contributed by atoms with Gasteiger partial charge < -0.3 is 22.7 Å². The second-order valence-electron chi connectivity index (χ2n) is 3.09. The molecule has 0 amide bonds. The second kappa shape index (κ2) is 5.58. The van der Waals surface area contributed by atoms with Crippen molar-refractivity contribution in [1.82, 2.24) is 4.98 Å². The van der Waals surface area contributed by atoms with Crippen LogP contribution >= 0.6 is 11.3 Å². The van der Waals surface area contributed by atoms with Gasteiger partial charge in [0.2, 0.25) is 0 Å². The first kappa shape index (κ1) is 14.1. The number of sulfonamides is 1. The zero-order valence-electron chi connectivity index (χ0n) is 8.63. The fourth-order valence-electron chi connectivity index (χ4n) is 1.12. The Morgan fingerprint density at radius 3 is 2.41 bits per heavy atom. The minimum absolute atomic E-state index is 0. The lowest BCUT2D eigenvalue weighted by atomic mass is 10.3. The Balaban J connectivity index is 0.00000144. The van der Waals surface area contributed by atoms with Gasteiger partial charge in [-0.2, -0.15) is 0 Å². The molecule has 0 saturated carbocycles. The number of quaternary nitrogens is 1. The summed E-state index contributed by atoms with van der Waals surface area (Å²) in [5.74, 6) is 0. The smallest absolute Gasteiger partial charge is 0.263 e. The van der Waals surface area contributed by atoms with Crippen LogP contribution in [0.2, 0.25) is 0 Å². The van der Waals surface area contributed by atoms with Gasteiger partial charge in [-0.15, -0.1) is 11.3 Å². The van der Waals surface area contributed by atoms with Crippen molar-refractivity contribution in [3.63, 3.8) is 0 Å². The van der Waals surface area contributed by atoms with E-state index in [4.69, 9.17) is 0 Å². The summed E-state index contributed by atoms with van der Waals surface area (Å²) in [6, 6.07) is 6.32. The molecule has 17 heavy (non-hydrogen) atoms. The topological polar surface area (TPSA) is 86.7 Å². The standard InChI is InChI=1S/C9H9N3O2S2.BrH/c10-7-1-3-8(4-2-7)16(13,14)12-9-11-5-6-15-9;/h1-6H,10H2,(H,11,12);1H. The van der Waals surface area contributed by atoms with Crippen LogP contribution in [0.4, 0.5) is 10.8 Å². The molecule has 5 nitrogen and oxygen atoms in total. The molecule has 0 fully saturated rings. The molecule has 2 aromatic rings.